The van der Waals surface area contributed by atoms with Gasteiger partial charge in [0.15, 0.2) is 0 Å². The van der Waals surface area contributed by atoms with Gasteiger partial charge in [-0.05, 0) is 18.2 Å². The lowest BCUT2D eigenvalue weighted by Gasteiger charge is -2.12. The minimum Gasteiger partial charge on any atom is -0.398 e. The topological polar surface area (TPSA) is 47.3 Å². The van der Waals surface area contributed by atoms with Gasteiger partial charge in [0.25, 0.3) is 0 Å². The van der Waals surface area contributed by atoms with Crippen molar-refractivity contribution in [2.24, 2.45) is 0 Å². The molecule has 0 spiro atoms. The van der Waals surface area contributed by atoms with E-state index in [9.17, 15) is 13.2 Å². The summed E-state index contributed by atoms with van der Waals surface area (Å²) in [6.07, 6.45) is -4.43. The Kier molecular flexibility index (Phi) is 4.00. The van der Waals surface area contributed by atoms with Crippen LogP contribution in [-0.4, -0.2) is 20.3 Å². The summed E-state index contributed by atoms with van der Waals surface area (Å²) in [5, 5.41) is 2.80. The Labute approximate surface area is 91.4 Å². The largest absolute Gasteiger partial charge is 0.418 e. The zero-order valence-corrected chi connectivity index (χ0v) is 8.77. The van der Waals surface area contributed by atoms with Gasteiger partial charge in [0.05, 0.1) is 12.2 Å². The normalized spacial score (nSPS) is 11.5. The molecule has 6 heteroatoms. The molecule has 0 bridgehead atoms. The van der Waals surface area contributed by atoms with Crippen molar-refractivity contribution in [3.8, 4) is 0 Å². The highest BCUT2D eigenvalue weighted by Crippen LogP contribution is 2.34. The monoisotopic (exact) mass is 234 g/mol. The highest BCUT2D eigenvalue weighted by molar-refractivity contribution is 5.58. The first-order valence-corrected chi connectivity index (χ1v) is 4.64. The third-order valence-corrected chi connectivity index (χ3v) is 1.99. The minimum atomic E-state index is -4.43. The second-order valence-corrected chi connectivity index (χ2v) is 3.22. The summed E-state index contributed by atoms with van der Waals surface area (Å²) in [7, 11) is 1.52. The van der Waals surface area contributed by atoms with E-state index >= 15 is 0 Å². The van der Waals surface area contributed by atoms with E-state index in [1.54, 1.807) is 0 Å². The fourth-order valence-electron chi connectivity index (χ4n) is 1.21. The maximum absolute atomic E-state index is 12.5. The Morgan fingerprint density at radius 1 is 1.38 bits per heavy atom. The Hall–Kier alpha value is -1.43. The summed E-state index contributed by atoms with van der Waals surface area (Å²) < 4.78 is 42.2. The van der Waals surface area contributed by atoms with Gasteiger partial charge in [-0.2, -0.15) is 13.2 Å². The summed E-state index contributed by atoms with van der Waals surface area (Å²) in [6, 6.07) is 3.73. The van der Waals surface area contributed by atoms with Crippen LogP contribution in [0.15, 0.2) is 18.2 Å². The molecule has 0 aromatic heterocycles. The van der Waals surface area contributed by atoms with Crippen LogP contribution in [0.5, 0.6) is 0 Å². The lowest BCUT2D eigenvalue weighted by atomic mass is 10.1. The molecule has 3 nitrogen and oxygen atoms in total. The highest BCUT2D eigenvalue weighted by atomic mass is 19.4. The van der Waals surface area contributed by atoms with Crippen LogP contribution in [0.4, 0.5) is 24.5 Å². The Morgan fingerprint density at radius 3 is 2.62 bits per heavy atom. The third-order valence-electron chi connectivity index (χ3n) is 1.99. The summed E-state index contributed by atoms with van der Waals surface area (Å²) in [5.74, 6) is 0. The van der Waals surface area contributed by atoms with Crippen molar-refractivity contribution in [2.45, 2.75) is 6.18 Å². The number of rotatable bonds is 4. The molecule has 0 amide bonds. The number of nitrogens with two attached hydrogens (primary N) is 1. The molecule has 0 aliphatic rings. The molecule has 0 saturated heterocycles. The van der Waals surface area contributed by atoms with Crippen LogP contribution in [0.2, 0.25) is 0 Å². The van der Waals surface area contributed by atoms with Crippen molar-refractivity contribution in [3.05, 3.63) is 23.8 Å². The first-order chi connectivity index (χ1) is 7.45. The minimum absolute atomic E-state index is 0.273. The maximum Gasteiger partial charge on any atom is 0.418 e. The number of hydrogen-bond donors (Lipinski definition) is 2. The number of nitrogen functional groups attached to an aromatic ring is 1. The zero-order valence-electron chi connectivity index (χ0n) is 8.77. The second-order valence-electron chi connectivity index (χ2n) is 3.22. The summed E-state index contributed by atoms with van der Waals surface area (Å²) in [6.45, 7) is 0.865. The Balaban J connectivity index is 2.82. The SMILES string of the molecule is COCCNc1ccc(N)c(C(F)(F)F)c1. The first kappa shape index (κ1) is 12.6. The molecule has 0 aliphatic heterocycles. The number of ether oxygens (including phenoxy) is 1. The lowest BCUT2D eigenvalue weighted by molar-refractivity contribution is -0.136. The van der Waals surface area contributed by atoms with E-state index < -0.39 is 11.7 Å². The van der Waals surface area contributed by atoms with Crippen LogP contribution in [0.3, 0.4) is 0 Å². The van der Waals surface area contributed by atoms with Crippen molar-refractivity contribution in [2.75, 3.05) is 31.3 Å². The molecule has 1 aromatic rings. The fraction of sp³-hybridized carbons (Fsp3) is 0.400. The average molecular weight is 234 g/mol. The van der Waals surface area contributed by atoms with Gasteiger partial charge < -0.3 is 15.8 Å². The number of nitrogens with one attached hydrogen (secondary N) is 1. The number of benzene rings is 1. The molecule has 0 unspecified atom stereocenters. The number of methoxy groups -OCH3 is 1. The quantitative estimate of drug-likeness (QED) is 0.621. The first-order valence-electron chi connectivity index (χ1n) is 4.64. The van der Waals surface area contributed by atoms with Crippen LogP contribution >= 0.6 is 0 Å². The van der Waals surface area contributed by atoms with E-state index in [4.69, 9.17) is 10.5 Å². The molecule has 1 aromatic carbocycles. The maximum atomic E-state index is 12.5. The number of anilines is 2. The van der Waals surface area contributed by atoms with Gasteiger partial charge in [-0.1, -0.05) is 0 Å². The van der Waals surface area contributed by atoms with Crippen molar-refractivity contribution < 1.29 is 17.9 Å². The van der Waals surface area contributed by atoms with Crippen LogP contribution in [0.25, 0.3) is 0 Å². The van der Waals surface area contributed by atoms with Gasteiger partial charge in [-0.3, -0.25) is 0 Å². The Morgan fingerprint density at radius 2 is 2.06 bits per heavy atom. The van der Waals surface area contributed by atoms with Crippen LogP contribution in [0.1, 0.15) is 5.56 Å². The van der Waals surface area contributed by atoms with Gasteiger partial charge in [-0.15, -0.1) is 0 Å². The lowest BCUT2D eigenvalue weighted by Crippen LogP contribution is -2.12. The van der Waals surface area contributed by atoms with Gasteiger partial charge in [-0.25, -0.2) is 0 Å². The molecule has 90 valence electrons. The van der Waals surface area contributed by atoms with E-state index in [1.165, 1.54) is 19.2 Å². The van der Waals surface area contributed by atoms with E-state index in [0.717, 1.165) is 6.07 Å². The second kappa shape index (κ2) is 5.07. The average Bonchev–Trinajstić information content (AvgIpc) is 2.19. The van der Waals surface area contributed by atoms with Crippen LogP contribution in [0, 0.1) is 0 Å². The molecule has 0 radical (unpaired) electrons. The fourth-order valence-corrected chi connectivity index (χ4v) is 1.21. The van der Waals surface area contributed by atoms with Gasteiger partial charge >= 0.3 is 6.18 Å². The molecule has 3 N–H and O–H groups in total. The molecule has 0 heterocycles. The van der Waals surface area contributed by atoms with Gasteiger partial charge in [0, 0.05) is 25.0 Å². The molecule has 0 fully saturated rings. The smallest absolute Gasteiger partial charge is 0.398 e. The summed E-state index contributed by atoms with van der Waals surface area (Å²) >= 11 is 0. The Bertz CT molecular complexity index is 352. The summed E-state index contributed by atoms with van der Waals surface area (Å²) in [4.78, 5) is 0. The molecule has 0 saturated carbocycles. The van der Waals surface area contributed by atoms with Crippen molar-refractivity contribution >= 4 is 11.4 Å². The number of halogens is 3. The van der Waals surface area contributed by atoms with E-state index in [2.05, 4.69) is 5.32 Å². The molecular formula is C10H13F3N2O. The molecule has 1 rings (SSSR count). The molecule has 0 aliphatic carbocycles. The van der Waals surface area contributed by atoms with Crippen molar-refractivity contribution in [1.82, 2.24) is 0 Å². The molecule has 0 atom stereocenters. The van der Waals surface area contributed by atoms with Gasteiger partial charge in [0.2, 0.25) is 0 Å². The molecule has 16 heavy (non-hydrogen) atoms. The van der Waals surface area contributed by atoms with E-state index in [-0.39, 0.29) is 5.69 Å². The predicted octanol–water partition coefficient (Wildman–Crippen LogP) is 2.35. The van der Waals surface area contributed by atoms with Crippen molar-refractivity contribution in [3.63, 3.8) is 0 Å². The standard InChI is InChI=1S/C10H13F3N2O/c1-16-5-4-15-7-2-3-9(14)8(6-7)10(11,12)13/h2-3,6,15H,4-5,14H2,1H3. The van der Waals surface area contributed by atoms with Crippen molar-refractivity contribution in [1.29, 1.82) is 0 Å². The van der Waals surface area contributed by atoms with Crippen LogP contribution < -0.4 is 11.1 Å². The van der Waals surface area contributed by atoms with Crippen LogP contribution in [-0.2, 0) is 10.9 Å². The summed E-state index contributed by atoms with van der Waals surface area (Å²) in [5.41, 5.74) is 4.53. The predicted molar refractivity (Wildman–Crippen MR) is 56.2 cm³/mol. The highest BCUT2D eigenvalue weighted by Gasteiger charge is 2.33. The number of alkyl halides is 3. The number of hydrogen-bond acceptors (Lipinski definition) is 3. The van der Waals surface area contributed by atoms with Gasteiger partial charge in [0.1, 0.15) is 0 Å². The zero-order chi connectivity index (χ0) is 12.2. The molecular weight excluding hydrogens is 221 g/mol. The third kappa shape index (κ3) is 3.30. The van der Waals surface area contributed by atoms with E-state index in [0.29, 0.717) is 18.8 Å². The van der Waals surface area contributed by atoms with E-state index in [1.807, 2.05) is 0 Å².